The van der Waals surface area contributed by atoms with Gasteiger partial charge in [0.1, 0.15) is 11.4 Å². The Bertz CT molecular complexity index is 400. The molecule has 1 aliphatic heterocycles. The van der Waals surface area contributed by atoms with E-state index < -0.39 is 5.60 Å². The van der Waals surface area contributed by atoms with Gasteiger partial charge < -0.3 is 9.47 Å². The molecule has 1 aliphatic rings. The number of carbonyl (C=O) groups excluding carboxylic acids is 1. The van der Waals surface area contributed by atoms with Gasteiger partial charge >= 0.3 is 0 Å². The smallest absolute Gasteiger partial charge is 0.170 e. The predicted octanol–water partition coefficient (Wildman–Crippen LogP) is 2.45. The van der Waals surface area contributed by atoms with Crippen molar-refractivity contribution in [1.82, 2.24) is 0 Å². The maximum atomic E-state index is 11.9. The summed E-state index contributed by atoms with van der Waals surface area (Å²) in [6.07, 6.45) is 0.379. The molecule has 0 spiro atoms. The Hall–Kier alpha value is -1.35. The average molecular weight is 220 g/mol. The van der Waals surface area contributed by atoms with Crippen LogP contribution in [0.5, 0.6) is 5.75 Å². The van der Waals surface area contributed by atoms with Crippen molar-refractivity contribution in [2.24, 2.45) is 0 Å². The number of carbonyl (C=O) groups is 1. The topological polar surface area (TPSA) is 35.5 Å². The number of hydrogen-bond acceptors (Lipinski definition) is 3. The molecule has 2 rings (SSSR count). The Morgan fingerprint density at radius 3 is 2.94 bits per heavy atom. The Balaban J connectivity index is 2.23. The first-order valence-electron chi connectivity index (χ1n) is 5.53. The molecule has 16 heavy (non-hydrogen) atoms. The number of Topliss-reactive ketones (excluding diaryl/α,β-unsaturated/α-hetero) is 1. The standard InChI is InChI=1S/C13H16O3/c1-3-15-9-13(2)8-11(14)10-6-4-5-7-12(10)16-13/h4-7H,3,8-9H2,1-2H3. The molecule has 0 N–H and O–H groups in total. The highest BCUT2D eigenvalue weighted by Gasteiger charge is 2.36. The van der Waals surface area contributed by atoms with E-state index in [0.717, 1.165) is 0 Å². The van der Waals surface area contributed by atoms with Crippen molar-refractivity contribution >= 4 is 5.78 Å². The normalized spacial score (nSPS) is 23.8. The third-order valence-electron chi connectivity index (χ3n) is 2.69. The van der Waals surface area contributed by atoms with E-state index in [1.54, 1.807) is 6.07 Å². The molecular formula is C13H16O3. The van der Waals surface area contributed by atoms with Crippen molar-refractivity contribution in [3.05, 3.63) is 29.8 Å². The first kappa shape index (κ1) is 11.1. The minimum Gasteiger partial charge on any atom is -0.484 e. The summed E-state index contributed by atoms with van der Waals surface area (Å²) >= 11 is 0. The fourth-order valence-electron chi connectivity index (χ4n) is 1.92. The Morgan fingerprint density at radius 2 is 2.19 bits per heavy atom. The average Bonchev–Trinajstić information content (AvgIpc) is 2.26. The van der Waals surface area contributed by atoms with Crippen molar-refractivity contribution in [1.29, 1.82) is 0 Å². The lowest BCUT2D eigenvalue weighted by Crippen LogP contribution is -2.43. The zero-order valence-corrected chi connectivity index (χ0v) is 9.66. The van der Waals surface area contributed by atoms with Crippen LogP contribution >= 0.6 is 0 Å². The van der Waals surface area contributed by atoms with Gasteiger partial charge in [-0.1, -0.05) is 12.1 Å². The van der Waals surface area contributed by atoms with Crippen molar-refractivity contribution < 1.29 is 14.3 Å². The monoisotopic (exact) mass is 220 g/mol. The minimum atomic E-state index is -0.526. The first-order chi connectivity index (χ1) is 7.64. The molecule has 0 saturated heterocycles. The van der Waals surface area contributed by atoms with Crippen molar-refractivity contribution in [2.75, 3.05) is 13.2 Å². The van der Waals surface area contributed by atoms with Gasteiger partial charge in [-0.25, -0.2) is 0 Å². The van der Waals surface area contributed by atoms with Gasteiger partial charge in [0, 0.05) is 6.61 Å². The summed E-state index contributed by atoms with van der Waals surface area (Å²) in [4.78, 5) is 11.9. The zero-order valence-electron chi connectivity index (χ0n) is 9.66. The number of ether oxygens (including phenoxy) is 2. The van der Waals surface area contributed by atoms with E-state index in [4.69, 9.17) is 9.47 Å². The van der Waals surface area contributed by atoms with Gasteiger partial charge in [-0.3, -0.25) is 4.79 Å². The number of rotatable bonds is 3. The number of hydrogen-bond donors (Lipinski definition) is 0. The molecule has 0 saturated carbocycles. The Labute approximate surface area is 95.4 Å². The zero-order chi connectivity index (χ0) is 11.6. The van der Waals surface area contributed by atoms with Crippen molar-refractivity contribution in [3.63, 3.8) is 0 Å². The number of ketones is 1. The number of para-hydroxylation sites is 1. The van der Waals surface area contributed by atoms with Crippen molar-refractivity contribution in [3.8, 4) is 5.75 Å². The minimum absolute atomic E-state index is 0.129. The Kier molecular flexibility index (Phi) is 2.97. The van der Waals surface area contributed by atoms with Gasteiger partial charge in [0.25, 0.3) is 0 Å². The third kappa shape index (κ3) is 2.09. The molecule has 1 unspecified atom stereocenters. The van der Waals surface area contributed by atoms with Crippen LogP contribution in [0, 0.1) is 0 Å². The lowest BCUT2D eigenvalue weighted by atomic mass is 9.92. The summed E-state index contributed by atoms with van der Waals surface area (Å²) in [6, 6.07) is 7.36. The van der Waals surface area contributed by atoms with E-state index in [0.29, 0.717) is 30.9 Å². The quantitative estimate of drug-likeness (QED) is 0.784. The van der Waals surface area contributed by atoms with Crippen LogP contribution in [-0.4, -0.2) is 24.6 Å². The van der Waals surface area contributed by atoms with Crippen LogP contribution in [0.15, 0.2) is 24.3 Å². The van der Waals surface area contributed by atoms with Crippen LogP contribution in [0.1, 0.15) is 30.6 Å². The van der Waals surface area contributed by atoms with Crippen LogP contribution in [0.25, 0.3) is 0 Å². The van der Waals surface area contributed by atoms with Crippen LogP contribution in [0.3, 0.4) is 0 Å². The molecule has 3 heteroatoms. The maximum absolute atomic E-state index is 11.9. The van der Waals surface area contributed by atoms with Crippen LogP contribution in [-0.2, 0) is 4.74 Å². The molecular weight excluding hydrogens is 204 g/mol. The van der Waals surface area contributed by atoms with Gasteiger partial charge in [0.15, 0.2) is 5.78 Å². The summed E-state index contributed by atoms with van der Waals surface area (Å²) in [7, 11) is 0. The second kappa shape index (κ2) is 4.26. The van der Waals surface area contributed by atoms with Crippen LogP contribution in [0.4, 0.5) is 0 Å². The summed E-state index contributed by atoms with van der Waals surface area (Å²) < 4.78 is 11.2. The van der Waals surface area contributed by atoms with Gasteiger partial charge in [-0.15, -0.1) is 0 Å². The lowest BCUT2D eigenvalue weighted by Gasteiger charge is -2.34. The predicted molar refractivity (Wildman–Crippen MR) is 60.9 cm³/mol. The molecule has 0 radical (unpaired) electrons. The molecule has 3 nitrogen and oxygen atoms in total. The lowest BCUT2D eigenvalue weighted by molar-refractivity contribution is -0.0189. The molecule has 1 atom stereocenters. The maximum Gasteiger partial charge on any atom is 0.170 e. The summed E-state index contributed by atoms with van der Waals surface area (Å²) in [5.41, 5.74) is 0.151. The van der Waals surface area contributed by atoms with E-state index >= 15 is 0 Å². The van der Waals surface area contributed by atoms with E-state index in [-0.39, 0.29) is 5.78 Å². The van der Waals surface area contributed by atoms with Gasteiger partial charge in [0.2, 0.25) is 0 Å². The summed E-state index contributed by atoms with van der Waals surface area (Å²) in [5.74, 6) is 0.796. The molecule has 0 amide bonds. The summed E-state index contributed by atoms with van der Waals surface area (Å²) in [5, 5.41) is 0. The van der Waals surface area contributed by atoms with E-state index in [9.17, 15) is 4.79 Å². The third-order valence-corrected chi connectivity index (χ3v) is 2.69. The molecule has 0 bridgehead atoms. The fourth-order valence-corrected chi connectivity index (χ4v) is 1.92. The van der Waals surface area contributed by atoms with Crippen LogP contribution in [0.2, 0.25) is 0 Å². The molecule has 1 heterocycles. The largest absolute Gasteiger partial charge is 0.484 e. The highest BCUT2D eigenvalue weighted by molar-refractivity contribution is 6.00. The molecule has 1 aromatic rings. The van der Waals surface area contributed by atoms with E-state index in [1.165, 1.54) is 0 Å². The van der Waals surface area contributed by atoms with Gasteiger partial charge in [-0.05, 0) is 26.0 Å². The van der Waals surface area contributed by atoms with Crippen LogP contribution < -0.4 is 4.74 Å². The van der Waals surface area contributed by atoms with E-state index in [2.05, 4.69) is 0 Å². The van der Waals surface area contributed by atoms with Gasteiger partial charge in [-0.2, -0.15) is 0 Å². The molecule has 1 aromatic carbocycles. The second-order valence-corrected chi connectivity index (χ2v) is 4.29. The SMILES string of the molecule is CCOCC1(C)CC(=O)c2ccccc2O1. The number of fused-ring (bicyclic) bond motifs is 1. The highest BCUT2D eigenvalue weighted by atomic mass is 16.5. The fraction of sp³-hybridized carbons (Fsp3) is 0.462. The molecule has 0 aromatic heterocycles. The molecule has 0 fully saturated rings. The second-order valence-electron chi connectivity index (χ2n) is 4.29. The summed E-state index contributed by atoms with van der Waals surface area (Å²) in [6.45, 7) is 4.93. The van der Waals surface area contributed by atoms with Crippen molar-refractivity contribution in [2.45, 2.75) is 25.9 Å². The molecule has 0 aliphatic carbocycles. The van der Waals surface area contributed by atoms with Gasteiger partial charge in [0.05, 0.1) is 18.6 Å². The molecule has 86 valence electrons. The number of benzene rings is 1. The Morgan fingerprint density at radius 1 is 1.44 bits per heavy atom. The van der Waals surface area contributed by atoms with E-state index in [1.807, 2.05) is 32.0 Å². The highest BCUT2D eigenvalue weighted by Crippen LogP contribution is 2.32. The first-order valence-corrected chi connectivity index (χ1v) is 5.53.